The smallest absolute Gasteiger partial charge is 0.287 e. The molecule has 7 heteroatoms. The lowest BCUT2D eigenvalue weighted by molar-refractivity contribution is -0.384. The van der Waals surface area contributed by atoms with Crippen LogP contribution in [0.4, 0.5) is 5.69 Å². The van der Waals surface area contributed by atoms with Crippen molar-refractivity contribution in [3.8, 4) is 0 Å². The number of carbonyl (C=O) groups is 1. The van der Waals surface area contributed by atoms with Gasteiger partial charge in [-0.3, -0.25) is 14.9 Å². The second kappa shape index (κ2) is 5.40. The summed E-state index contributed by atoms with van der Waals surface area (Å²) in [6, 6.07) is 1.13. The zero-order chi connectivity index (χ0) is 14.0. The molecule has 1 fully saturated rings. The SMILES string of the molecule is CCn1cc([N+](=O)[O-])cc1C(=O)N1CCC[C@H]1CO. The number of hydrogen-bond donors (Lipinski definition) is 1. The van der Waals surface area contributed by atoms with Crippen LogP contribution in [0.5, 0.6) is 0 Å². The van der Waals surface area contributed by atoms with Gasteiger partial charge in [0.1, 0.15) is 5.69 Å². The summed E-state index contributed by atoms with van der Waals surface area (Å²) in [6.07, 6.45) is 3.00. The molecule has 1 aliphatic heterocycles. The van der Waals surface area contributed by atoms with Crippen LogP contribution in [0.2, 0.25) is 0 Å². The summed E-state index contributed by atoms with van der Waals surface area (Å²) in [5.74, 6) is -0.244. The average molecular weight is 267 g/mol. The summed E-state index contributed by atoms with van der Waals surface area (Å²) in [4.78, 5) is 24.3. The molecule has 1 N–H and O–H groups in total. The van der Waals surface area contributed by atoms with Gasteiger partial charge in [0.2, 0.25) is 0 Å². The van der Waals surface area contributed by atoms with Gasteiger partial charge in [-0.2, -0.15) is 0 Å². The molecule has 0 aliphatic carbocycles. The van der Waals surface area contributed by atoms with E-state index in [0.717, 1.165) is 12.8 Å². The van der Waals surface area contributed by atoms with Crippen LogP contribution in [0.3, 0.4) is 0 Å². The molecular formula is C12H17N3O4. The van der Waals surface area contributed by atoms with Crippen LogP contribution >= 0.6 is 0 Å². The molecule has 2 heterocycles. The maximum atomic E-state index is 12.4. The van der Waals surface area contributed by atoms with Crippen LogP contribution < -0.4 is 0 Å². The number of carbonyl (C=O) groups excluding carboxylic acids is 1. The Balaban J connectivity index is 2.30. The van der Waals surface area contributed by atoms with Crippen LogP contribution in [0.1, 0.15) is 30.3 Å². The van der Waals surface area contributed by atoms with Crippen molar-refractivity contribution < 1.29 is 14.8 Å². The van der Waals surface area contributed by atoms with E-state index in [2.05, 4.69) is 0 Å². The van der Waals surface area contributed by atoms with Gasteiger partial charge in [-0.15, -0.1) is 0 Å². The molecule has 104 valence electrons. The molecule has 2 rings (SSSR count). The maximum Gasteiger partial charge on any atom is 0.287 e. The van der Waals surface area contributed by atoms with Crippen molar-refractivity contribution in [1.29, 1.82) is 0 Å². The number of likely N-dealkylation sites (tertiary alicyclic amines) is 1. The maximum absolute atomic E-state index is 12.4. The summed E-state index contributed by atoms with van der Waals surface area (Å²) < 4.78 is 1.58. The first kappa shape index (κ1) is 13.5. The summed E-state index contributed by atoms with van der Waals surface area (Å²) in [5.41, 5.74) is 0.236. The second-order valence-electron chi connectivity index (χ2n) is 4.60. The number of nitro groups is 1. The van der Waals surface area contributed by atoms with Gasteiger partial charge in [0.15, 0.2) is 0 Å². The summed E-state index contributed by atoms with van der Waals surface area (Å²) >= 11 is 0. The highest BCUT2D eigenvalue weighted by molar-refractivity contribution is 5.94. The predicted octanol–water partition coefficient (Wildman–Crippen LogP) is 1.01. The fourth-order valence-corrected chi connectivity index (χ4v) is 2.48. The van der Waals surface area contributed by atoms with Gasteiger partial charge in [-0.1, -0.05) is 0 Å². The molecule has 1 aliphatic rings. The molecule has 1 aromatic heterocycles. The van der Waals surface area contributed by atoms with Gasteiger partial charge in [0.05, 0.1) is 23.8 Å². The van der Waals surface area contributed by atoms with E-state index in [1.807, 2.05) is 6.92 Å². The zero-order valence-electron chi connectivity index (χ0n) is 10.8. The Bertz CT molecular complexity index is 497. The van der Waals surface area contributed by atoms with Crippen LogP contribution in [0.15, 0.2) is 12.3 Å². The fraction of sp³-hybridized carbons (Fsp3) is 0.583. The number of aliphatic hydroxyl groups excluding tert-OH is 1. The van der Waals surface area contributed by atoms with E-state index in [0.29, 0.717) is 18.8 Å². The monoisotopic (exact) mass is 267 g/mol. The van der Waals surface area contributed by atoms with E-state index in [9.17, 15) is 20.0 Å². The Kier molecular flexibility index (Phi) is 3.84. The number of hydrogen-bond acceptors (Lipinski definition) is 4. The number of aryl methyl sites for hydroxylation is 1. The van der Waals surface area contributed by atoms with Gasteiger partial charge < -0.3 is 14.6 Å². The van der Waals surface area contributed by atoms with E-state index in [4.69, 9.17) is 0 Å². The van der Waals surface area contributed by atoms with Gasteiger partial charge in [0.25, 0.3) is 11.6 Å². The van der Waals surface area contributed by atoms with Crippen LogP contribution in [0, 0.1) is 10.1 Å². The molecule has 0 saturated carbocycles. The van der Waals surface area contributed by atoms with Crippen LogP contribution in [0.25, 0.3) is 0 Å². The van der Waals surface area contributed by atoms with E-state index < -0.39 is 4.92 Å². The Morgan fingerprint density at radius 2 is 2.37 bits per heavy atom. The molecule has 1 atom stereocenters. The van der Waals surface area contributed by atoms with Gasteiger partial charge in [0, 0.05) is 19.2 Å². The third-order valence-corrected chi connectivity index (χ3v) is 3.50. The first-order valence-corrected chi connectivity index (χ1v) is 6.34. The predicted molar refractivity (Wildman–Crippen MR) is 67.9 cm³/mol. The normalized spacial score (nSPS) is 18.8. The fourth-order valence-electron chi connectivity index (χ4n) is 2.48. The molecule has 1 amide bonds. The average Bonchev–Trinajstić information content (AvgIpc) is 3.03. The topological polar surface area (TPSA) is 88.6 Å². The molecule has 7 nitrogen and oxygen atoms in total. The highest BCUT2D eigenvalue weighted by atomic mass is 16.6. The molecule has 0 spiro atoms. The lowest BCUT2D eigenvalue weighted by Crippen LogP contribution is -2.38. The van der Waals surface area contributed by atoms with Crippen molar-refractivity contribution in [3.05, 3.63) is 28.1 Å². The third-order valence-electron chi connectivity index (χ3n) is 3.50. The Morgan fingerprint density at radius 1 is 1.63 bits per heavy atom. The zero-order valence-corrected chi connectivity index (χ0v) is 10.8. The quantitative estimate of drug-likeness (QED) is 0.651. The van der Waals surface area contributed by atoms with Crippen molar-refractivity contribution in [2.75, 3.05) is 13.2 Å². The summed E-state index contributed by atoms with van der Waals surface area (Å²) in [6.45, 7) is 2.84. The molecule has 0 unspecified atom stereocenters. The summed E-state index contributed by atoms with van der Waals surface area (Å²) in [5, 5.41) is 20.0. The Hall–Kier alpha value is -1.89. The van der Waals surface area contributed by atoms with E-state index >= 15 is 0 Å². The lowest BCUT2D eigenvalue weighted by Gasteiger charge is -2.23. The summed E-state index contributed by atoms with van der Waals surface area (Å²) in [7, 11) is 0. The highest BCUT2D eigenvalue weighted by Gasteiger charge is 2.31. The standard InChI is InChI=1S/C12H17N3O4/c1-2-13-7-10(15(18)19)6-11(13)12(17)14-5-3-4-9(14)8-16/h6-7,9,16H,2-5,8H2,1H3/t9-/m0/s1. The second-order valence-corrected chi connectivity index (χ2v) is 4.60. The minimum Gasteiger partial charge on any atom is -0.394 e. The highest BCUT2D eigenvalue weighted by Crippen LogP contribution is 2.23. The molecule has 0 aromatic carbocycles. The van der Waals surface area contributed by atoms with Gasteiger partial charge in [-0.25, -0.2) is 0 Å². The Labute approximate surface area is 110 Å². The minimum absolute atomic E-state index is 0.0688. The molecule has 1 saturated heterocycles. The first-order chi connectivity index (χ1) is 9.08. The van der Waals surface area contributed by atoms with Crippen molar-refractivity contribution in [2.24, 2.45) is 0 Å². The van der Waals surface area contributed by atoms with E-state index in [1.165, 1.54) is 12.3 Å². The molecule has 19 heavy (non-hydrogen) atoms. The molecule has 0 radical (unpaired) electrons. The lowest BCUT2D eigenvalue weighted by atomic mass is 10.2. The van der Waals surface area contributed by atoms with E-state index in [-0.39, 0.29) is 24.2 Å². The van der Waals surface area contributed by atoms with Crippen molar-refractivity contribution in [2.45, 2.75) is 32.4 Å². The Morgan fingerprint density at radius 3 is 2.95 bits per heavy atom. The van der Waals surface area contributed by atoms with Gasteiger partial charge >= 0.3 is 0 Å². The number of rotatable bonds is 4. The number of aliphatic hydroxyl groups is 1. The van der Waals surface area contributed by atoms with Crippen molar-refractivity contribution in [1.82, 2.24) is 9.47 Å². The van der Waals surface area contributed by atoms with Gasteiger partial charge in [-0.05, 0) is 19.8 Å². The molecule has 0 bridgehead atoms. The van der Waals surface area contributed by atoms with Crippen LogP contribution in [-0.2, 0) is 6.54 Å². The number of amides is 1. The molecule has 1 aromatic rings. The van der Waals surface area contributed by atoms with Crippen molar-refractivity contribution >= 4 is 11.6 Å². The number of nitrogens with zero attached hydrogens (tertiary/aromatic N) is 3. The molecular weight excluding hydrogens is 250 g/mol. The first-order valence-electron chi connectivity index (χ1n) is 6.34. The number of aromatic nitrogens is 1. The largest absolute Gasteiger partial charge is 0.394 e. The van der Waals surface area contributed by atoms with Crippen LogP contribution in [-0.4, -0.2) is 44.6 Å². The minimum atomic E-state index is -0.504. The van der Waals surface area contributed by atoms with E-state index in [1.54, 1.807) is 9.47 Å². The van der Waals surface area contributed by atoms with Crippen molar-refractivity contribution in [3.63, 3.8) is 0 Å². The third kappa shape index (κ3) is 2.46.